The molecule has 3 aromatic heterocycles. The average molecular weight is 416 g/mol. The van der Waals surface area contributed by atoms with Gasteiger partial charge in [0.25, 0.3) is 10.0 Å². The number of hydrogen-bond donors (Lipinski definition) is 1. The Kier molecular flexibility index (Phi) is 5.20. The van der Waals surface area contributed by atoms with Crippen LogP contribution in [0, 0.1) is 6.92 Å². The number of hydrogen-bond acceptors (Lipinski definition) is 7. The van der Waals surface area contributed by atoms with Gasteiger partial charge in [0.15, 0.2) is 5.76 Å². The van der Waals surface area contributed by atoms with Crippen LogP contribution in [0.5, 0.6) is 0 Å². The first-order valence-electron chi connectivity index (χ1n) is 9.14. The molecule has 4 rings (SSSR count). The molecule has 4 heterocycles. The topological polar surface area (TPSA) is 119 Å². The fourth-order valence-corrected chi connectivity index (χ4v) is 4.59. The number of nitrogens with zero attached hydrogens (tertiary/aromatic N) is 3. The number of rotatable bonds is 7. The minimum atomic E-state index is -3.96. The van der Waals surface area contributed by atoms with Crippen molar-refractivity contribution >= 4 is 15.9 Å². The molecule has 3 aromatic rings. The van der Waals surface area contributed by atoms with Crippen molar-refractivity contribution in [3.8, 4) is 11.5 Å². The molecule has 1 aliphatic rings. The minimum Gasteiger partial charge on any atom is -0.440 e. The van der Waals surface area contributed by atoms with Crippen LogP contribution >= 0.6 is 0 Å². The summed E-state index contributed by atoms with van der Waals surface area (Å²) in [6, 6.07) is 7.89. The summed E-state index contributed by atoms with van der Waals surface area (Å²) in [5, 5.41) is 6.40. The molecule has 152 valence electrons. The van der Waals surface area contributed by atoms with Crippen molar-refractivity contribution in [3.63, 3.8) is 0 Å². The van der Waals surface area contributed by atoms with Crippen molar-refractivity contribution in [3.05, 3.63) is 54.0 Å². The first kappa shape index (κ1) is 19.3. The van der Waals surface area contributed by atoms with Crippen LogP contribution in [-0.2, 0) is 21.4 Å². The average Bonchev–Trinajstić information content (AvgIpc) is 3.43. The highest BCUT2D eigenvalue weighted by atomic mass is 32.2. The molecular weight excluding hydrogens is 396 g/mol. The molecule has 1 N–H and O–H groups in total. The summed E-state index contributed by atoms with van der Waals surface area (Å²) in [5.41, 5.74) is 1.40. The van der Waals surface area contributed by atoms with E-state index in [1.807, 2.05) is 0 Å². The van der Waals surface area contributed by atoms with Gasteiger partial charge in [0, 0.05) is 44.0 Å². The van der Waals surface area contributed by atoms with E-state index in [2.05, 4.69) is 15.5 Å². The molecule has 9 nitrogen and oxygen atoms in total. The third kappa shape index (κ3) is 4.22. The quantitative estimate of drug-likeness (QED) is 0.626. The molecule has 0 saturated carbocycles. The predicted octanol–water partition coefficient (Wildman–Crippen LogP) is 2.11. The molecule has 1 atom stereocenters. The number of carbonyl (C=O) groups is 1. The Bertz CT molecular complexity index is 1110. The Labute approximate surface area is 167 Å². The van der Waals surface area contributed by atoms with E-state index in [1.165, 1.54) is 16.4 Å². The zero-order valence-corrected chi connectivity index (χ0v) is 16.6. The van der Waals surface area contributed by atoms with Gasteiger partial charge in [0.05, 0.1) is 5.69 Å². The molecule has 10 heteroatoms. The van der Waals surface area contributed by atoms with E-state index in [4.69, 9.17) is 8.94 Å². The van der Waals surface area contributed by atoms with E-state index in [0.717, 1.165) is 5.56 Å². The molecule has 1 aliphatic heterocycles. The van der Waals surface area contributed by atoms with E-state index in [1.54, 1.807) is 37.5 Å². The predicted molar refractivity (Wildman–Crippen MR) is 102 cm³/mol. The lowest BCUT2D eigenvalue weighted by molar-refractivity contribution is -0.119. The van der Waals surface area contributed by atoms with Gasteiger partial charge in [-0.15, -0.1) is 0 Å². The second kappa shape index (κ2) is 7.80. The number of sulfonamides is 1. The molecule has 1 amide bonds. The molecule has 0 aromatic carbocycles. The first-order valence-corrected chi connectivity index (χ1v) is 10.6. The number of aryl methyl sites for hydroxylation is 1. The maximum atomic E-state index is 13.3. The molecule has 0 bridgehead atoms. The summed E-state index contributed by atoms with van der Waals surface area (Å²) in [6.07, 6.45) is 4.21. The first-order chi connectivity index (χ1) is 13.9. The number of pyridine rings is 1. The summed E-state index contributed by atoms with van der Waals surface area (Å²) < 4.78 is 38.6. The number of amides is 1. The van der Waals surface area contributed by atoms with Gasteiger partial charge in [-0.3, -0.25) is 9.78 Å². The lowest BCUT2D eigenvalue weighted by Crippen LogP contribution is -2.41. The van der Waals surface area contributed by atoms with Crippen LogP contribution in [0.4, 0.5) is 0 Å². The van der Waals surface area contributed by atoms with Gasteiger partial charge >= 0.3 is 0 Å². The van der Waals surface area contributed by atoms with Crippen LogP contribution in [0.2, 0.25) is 0 Å². The highest BCUT2D eigenvalue weighted by Crippen LogP contribution is 2.28. The standard InChI is InChI=1S/C19H20N4O5S/c1-13-9-17(28-22-13)16-5-7-19(27-16)29(25,26)23(11-14-3-2-8-20-10-14)12-15-4-6-18(24)21-15/h2-3,5,7-10,15H,4,6,11-12H2,1H3,(H,21,24)/t15-/m0/s1. The molecule has 0 unspecified atom stereocenters. The third-order valence-corrected chi connectivity index (χ3v) is 6.32. The Morgan fingerprint density at radius 2 is 2.14 bits per heavy atom. The van der Waals surface area contributed by atoms with Gasteiger partial charge in [-0.25, -0.2) is 8.42 Å². The minimum absolute atomic E-state index is 0.0744. The third-order valence-electron chi connectivity index (χ3n) is 4.64. The Morgan fingerprint density at radius 1 is 1.28 bits per heavy atom. The zero-order chi connectivity index (χ0) is 20.4. The fourth-order valence-electron chi connectivity index (χ4n) is 3.20. The molecule has 1 fully saturated rings. The van der Waals surface area contributed by atoms with Gasteiger partial charge in [0.2, 0.25) is 16.8 Å². The van der Waals surface area contributed by atoms with Crippen molar-refractivity contribution in [2.24, 2.45) is 0 Å². The molecule has 1 saturated heterocycles. The Balaban J connectivity index is 1.62. The van der Waals surface area contributed by atoms with Gasteiger partial charge in [-0.1, -0.05) is 11.2 Å². The lowest BCUT2D eigenvalue weighted by atomic mass is 10.2. The Hall–Kier alpha value is -2.98. The summed E-state index contributed by atoms with van der Waals surface area (Å²) in [7, 11) is -3.96. The van der Waals surface area contributed by atoms with Crippen molar-refractivity contribution in [2.75, 3.05) is 6.54 Å². The van der Waals surface area contributed by atoms with Crippen LogP contribution in [0.25, 0.3) is 11.5 Å². The number of carbonyl (C=O) groups excluding carboxylic acids is 1. The lowest BCUT2D eigenvalue weighted by Gasteiger charge is -2.24. The highest BCUT2D eigenvalue weighted by Gasteiger charge is 2.33. The number of aromatic nitrogens is 2. The van der Waals surface area contributed by atoms with E-state index in [9.17, 15) is 13.2 Å². The fraction of sp³-hybridized carbons (Fsp3) is 0.316. The number of nitrogens with one attached hydrogen (secondary N) is 1. The van der Waals surface area contributed by atoms with Gasteiger partial charge in [-0.05, 0) is 37.1 Å². The smallest absolute Gasteiger partial charge is 0.276 e. The molecular formula is C19H20N4O5S. The maximum absolute atomic E-state index is 13.3. The van der Waals surface area contributed by atoms with Crippen LogP contribution in [0.15, 0.2) is 56.8 Å². The maximum Gasteiger partial charge on any atom is 0.276 e. The molecule has 29 heavy (non-hydrogen) atoms. The van der Waals surface area contributed by atoms with Crippen LogP contribution < -0.4 is 5.32 Å². The molecule has 0 aliphatic carbocycles. The van der Waals surface area contributed by atoms with E-state index in [0.29, 0.717) is 24.3 Å². The summed E-state index contributed by atoms with van der Waals surface area (Å²) in [5.74, 6) is 0.556. The van der Waals surface area contributed by atoms with Crippen LogP contribution in [-0.4, -0.2) is 41.4 Å². The molecule has 0 radical (unpaired) electrons. The summed E-state index contributed by atoms with van der Waals surface area (Å²) >= 11 is 0. The summed E-state index contributed by atoms with van der Waals surface area (Å²) in [6.45, 7) is 2.01. The Morgan fingerprint density at radius 3 is 2.79 bits per heavy atom. The van der Waals surface area contributed by atoms with Gasteiger partial charge < -0.3 is 14.3 Å². The van der Waals surface area contributed by atoms with Gasteiger partial charge in [-0.2, -0.15) is 4.31 Å². The van der Waals surface area contributed by atoms with Crippen molar-refractivity contribution in [2.45, 2.75) is 37.4 Å². The monoisotopic (exact) mass is 416 g/mol. The second-order valence-electron chi connectivity index (χ2n) is 6.91. The second-order valence-corrected chi connectivity index (χ2v) is 8.78. The SMILES string of the molecule is Cc1cc(-c2ccc(S(=O)(=O)N(Cc3cccnc3)C[C@@H]3CCC(=O)N3)o2)on1. The number of furan rings is 1. The van der Waals surface area contributed by atoms with Crippen LogP contribution in [0.1, 0.15) is 24.1 Å². The molecule has 0 spiro atoms. The van der Waals surface area contributed by atoms with Gasteiger partial charge in [0.1, 0.15) is 0 Å². The largest absolute Gasteiger partial charge is 0.440 e. The van der Waals surface area contributed by atoms with Crippen molar-refractivity contribution < 1.29 is 22.2 Å². The van der Waals surface area contributed by atoms with Crippen LogP contribution in [0.3, 0.4) is 0 Å². The van der Waals surface area contributed by atoms with E-state index in [-0.39, 0.29) is 35.9 Å². The highest BCUT2D eigenvalue weighted by molar-refractivity contribution is 7.89. The van der Waals surface area contributed by atoms with E-state index < -0.39 is 10.0 Å². The van der Waals surface area contributed by atoms with Crippen molar-refractivity contribution in [1.82, 2.24) is 19.8 Å². The van der Waals surface area contributed by atoms with E-state index >= 15 is 0 Å². The zero-order valence-electron chi connectivity index (χ0n) is 15.7. The summed E-state index contributed by atoms with van der Waals surface area (Å²) in [4.78, 5) is 15.6. The van der Waals surface area contributed by atoms with Crippen molar-refractivity contribution in [1.29, 1.82) is 0 Å². The normalized spacial score (nSPS) is 17.0.